The zero-order valence-electron chi connectivity index (χ0n) is 9.98. The van der Waals surface area contributed by atoms with Gasteiger partial charge in [-0.25, -0.2) is 0 Å². The standard InChI is InChI=1S/C14H20O2/c1-9(2)10-6-7-12-11(14(16)8-10)4-3-5-13(12)15/h3-5,9-10,14-16H,6-8H2,1-2H3/t10-,14-/m0/s1. The maximum Gasteiger partial charge on any atom is 0.119 e. The zero-order valence-corrected chi connectivity index (χ0v) is 9.98. The Kier molecular flexibility index (Phi) is 3.20. The summed E-state index contributed by atoms with van der Waals surface area (Å²) in [4.78, 5) is 0. The molecule has 2 N–H and O–H groups in total. The summed E-state index contributed by atoms with van der Waals surface area (Å²) in [5, 5.41) is 20.0. The predicted octanol–water partition coefficient (Wildman–Crippen LogP) is 3.03. The van der Waals surface area contributed by atoms with Crippen molar-refractivity contribution in [2.24, 2.45) is 11.8 Å². The van der Waals surface area contributed by atoms with Crippen LogP contribution in [0.5, 0.6) is 5.75 Å². The third-order valence-corrected chi connectivity index (χ3v) is 3.78. The first-order valence-corrected chi connectivity index (χ1v) is 6.08. The number of fused-ring (bicyclic) bond motifs is 1. The lowest BCUT2D eigenvalue weighted by Gasteiger charge is -2.20. The van der Waals surface area contributed by atoms with Crippen LogP contribution in [0.4, 0.5) is 0 Å². The summed E-state index contributed by atoms with van der Waals surface area (Å²) in [6.45, 7) is 4.40. The number of phenolic OH excluding ortho intramolecular Hbond substituents is 1. The Hall–Kier alpha value is -1.02. The predicted molar refractivity (Wildman–Crippen MR) is 64.3 cm³/mol. The van der Waals surface area contributed by atoms with Crippen molar-refractivity contribution in [1.29, 1.82) is 0 Å². The molecule has 0 aromatic heterocycles. The number of hydrogen-bond donors (Lipinski definition) is 2. The lowest BCUT2D eigenvalue weighted by molar-refractivity contribution is 0.132. The minimum Gasteiger partial charge on any atom is -0.508 e. The van der Waals surface area contributed by atoms with E-state index in [-0.39, 0.29) is 0 Å². The van der Waals surface area contributed by atoms with Gasteiger partial charge in [0.1, 0.15) is 5.75 Å². The molecule has 0 fully saturated rings. The van der Waals surface area contributed by atoms with Crippen LogP contribution < -0.4 is 0 Å². The number of hydrogen-bond acceptors (Lipinski definition) is 2. The highest BCUT2D eigenvalue weighted by Gasteiger charge is 2.26. The average Bonchev–Trinajstić information content (AvgIpc) is 2.40. The van der Waals surface area contributed by atoms with Crippen LogP contribution in [0.1, 0.15) is 43.9 Å². The molecular formula is C14H20O2. The fourth-order valence-electron chi connectivity index (χ4n) is 2.64. The van der Waals surface area contributed by atoms with Gasteiger partial charge >= 0.3 is 0 Å². The molecule has 0 amide bonds. The van der Waals surface area contributed by atoms with Gasteiger partial charge in [0.2, 0.25) is 0 Å². The lowest BCUT2D eigenvalue weighted by atomic mass is 9.88. The monoisotopic (exact) mass is 220 g/mol. The Bertz CT molecular complexity index is 371. The summed E-state index contributed by atoms with van der Waals surface area (Å²) < 4.78 is 0. The molecule has 2 rings (SSSR count). The molecule has 0 saturated heterocycles. The van der Waals surface area contributed by atoms with E-state index >= 15 is 0 Å². The Morgan fingerprint density at radius 3 is 2.75 bits per heavy atom. The molecule has 0 aliphatic heterocycles. The van der Waals surface area contributed by atoms with Crippen LogP contribution >= 0.6 is 0 Å². The Balaban J connectivity index is 2.32. The van der Waals surface area contributed by atoms with Crippen LogP contribution in [0, 0.1) is 11.8 Å². The molecule has 2 heteroatoms. The van der Waals surface area contributed by atoms with Crippen LogP contribution in [-0.2, 0) is 6.42 Å². The van der Waals surface area contributed by atoms with E-state index in [0.29, 0.717) is 17.6 Å². The van der Waals surface area contributed by atoms with Crippen LogP contribution in [0.2, 0.25) is 0 Å². The first kappa shape index (κ1) is 11.5. The minimum atomic E-state index is -0.419. The first-order chi connectivity index (χ1) is 7.59. The van der Waals surface area contributed by atoms with Crippen LogP contribution in [0.15, 0.2) is 18.2 Å². The highest BCUT2D eigenvalue weighted by Crippen LogP contribution is 2.38. The van der Waals surface area contributed by atoms with Gasteiger partial charge in [0.25, 0.3) is 0 Å². The molecule has 2 nitrogen and oxygen atoms in total. The van der Waals surface area contributed by atoms with E-state index in [0.717, 1.165) is 30.4 Å². The van der Waals surface area contributed by atoms with Crippen molar-refractivity contribution in [2.75, 3.05) is 0 Å². The molecule has 0 bridgehead atoms. The summed E-state index contributed by atoms with van der Waals surface area (Å²) in [5.74, 6) is 1.47. The van der Waals surface area contributed by atoms with Crippen molar-refractivity contribution >= 4 is 0 Å². The number of benzene rings is 1. The molecule has 0 heterocycles. The molecule has 0 unspecified atom stereocenters. The van der Waals surface area contributed by atoms with E-state index in [2.05, 4.69) is 13.8 Å². The second-order valence-corrected chi connectivity index (χ2v) is 5.14. The van der Waals surface area contributed by atoms with Crippen molar-refractivity contribution in [3.8, 4) is 5.75 Å². The largest absolute Gasteiger partial charge is 0.508 e. The minimum absolute atomic E-state index is 0.334. The molecule has 1 aliphatic carbocycles. The van der Waals surface area contributed by atoms with Gasteiger partial charge in [0, 0.05) is 0 Å². The second-order valence-electron chi connectivity index (χ2n) is 5.14. The smallest absolute Gasteiger partial charge is 0.119 e. The summed E-state index contributed by atoms with van der Waals surface area (Å²) in [6, 6.07) is 5.46. The molecular weight excluding hydrogens is 200 g/mol. The van der Waals surface area contributed by atoms with Gasteiger partial charge in [0.15, 0.2) is 0 Å². The number of aliphatic hydroxyl groups is 1. The van der Waals surface area contributed by atoms with E-state index in [9.17, 15) is 10.2 Å². The number of rotatable bonds is 1. The Labute approximate surface area is 96.9 Å². The maximum absolute atomic E-state index is 10.2. The second kappa shape index (κ2) is 4.46. The van der Waals surface area contributed by atoms with E-state index in [1.54, 1.807) is 6.07 Å². The molecule has 0 radical (unpaired) electrons. The molecule has 1 aliphatic rings. The van der Waals surface area contributed by atoms with E-state index < -0.39 is 6.10 Å². The topological polar surface area (TPSA) is 40.5 Å². The number of aliphatic hydroxyl groups excluding tert-OH is 1. The van der Waals surface area contributed by atoms with Crippen molar-refractivity contribution < 1.29 is 10.2 Å². The number of phenols is 1. The summed E-state index contributed by atoms with van der Waals surface area (Å²) in [5.41, 5.74) is 1.86. The van der Waals surface area contributed by atoms with Gasteiger partial charge in [-0.1, -0.05) is 26.0 Å². The summed E-state index contributed by atoms with van der Waals surface area (Å²) in [6.07, 6.45) is 2.33. The van der Waals surface area contributed by atoms with Crippen molar-refractivity contribution in [3.63, 3.8) is 0 Å². The fraction of sp³-hybridized carbons (Fsp3) is 0.571. The van der Waals surface area contributed by atoms with Crippen molar-refractivity contribution in [2.45, 2.75) is 39.2 Å². The molecule has 16 heavy (non-hydrogen) atoms. The van der Waals surface area contributed by atoms with Gasteiger partial charge in [-0.05, 0) is 48.3 Å². The quantitative estimate of drug-likeness (QED) is 0.714. The van der Waals surface area contributed by atoms with E-state index in [1.807, 2.05) is 12.1 Å². The van der Waals surface area contributed by atoms with Gasteiger partial charge in [-0.3, -0.25) is 0 Å². The Morgan fingerprint density at radius 2 is 2.06 bits per heavy atom. The molecule has 0 saturated carbocycles. The van der Waals surface area contributed by atoms with Gasteiger partial charge in [-0.2, -0.15) is 0 Å². The lowest BCUT2D eigenvalue weighted by Crippen LogP contribution is -2.11. The molecule has 88 valence electrons. The van der Waals surface area contributed by atoms with E-state index in [1.165, 1.54) is 0 Å². The van der Waals surface area contributed by atoms with E-state index in [4.69, 9.17) is 0 Å². The zero-order chi connectivity index (χ0) is 11.7. The van der Waals surface area contributed by atoms with Crippen molar-refractivity contribution in [3.05, 3.63) is 29.3 Å². The Morgan fingerprint density at radius 1 is 1.31 bits per heavy atom. The molecule has 0 spiro atoms. The van der Waals surface area contributed by atoms with Gasteiger partial charge < -0.3 is 10.2 Å². The van der Waals surface area contributed by atoms with Crippen LogP contribution in [-0.4, -0.2) is 10.2 Å². The SMILES string of the molecule is CC(C)[C@H]1CCc2c(O)cccc2[C@@H](O)C1. The van der Waals surface area contributed by atoms with Crippen LogP contribution in [0.3, 0.4) is 0 Å². The molecule has 1 aromatic rings. The van der Waals surface area contributed by atoms with Gasteiger partial charge in [-0.15, -0.1) is 0 Å². The highest BCUT2D eigenvalue weighted by atomic mass is 16.3. The fourth-order valence-corrected chi connectivity index (χ4v) is 2.64. The normalized spacial score (nSPS) is 25.2. The number of aromatic hydroxyl groups is 1. The van der Waals surface area contributed by atoms with Gasteiger partial charge in [0.05, 0.1) is 6.10 Å². The first-order valence-electron chi connectivity index (χ1n) is 6.08. The van der Waals surface area contributed by atoms with Crippen molar-refractivity contribution in [1.82, 2.24) is 0 Å². The maximum atomic E-state index is 10.2. The third kappa shape index (κ3) is 2.07. The average molecular weight is 220 g/mol. The summed E-state index contributed by atoms with van der Waals surface area (Å²) >= 11 is 0. The third-order valence-electron chi connectivity index (χ3n) is 3.78. The van der Waals surface area contributed by atoms with Crippen LogP contribution in [0.25, 0.3) is 0 Å². The molecule has 2 atom stereocenters. The molecule has 1 aromatic carbocycles. The highest BCUT2D eigenvalue weighted by molar-refractivity contribution is 5.41. The summed E-state index contributed by atoms with van der Waals surface area (Å²) in [7, 11) is 0.